The van der Waals surface area contributed by atoms with Gasteiger partial charge in [-0.05, 0) is 39.0 Å². The van der Waals surface area contributed by atoms with Gasteiger partial charge in [0.25, 0.3) is 0 Å². The van der Waals surface area contributed by atoms with E-state index in [-0.39, 0.29) is 17.6 Å². The summed E-state index contributed by atoms with van der Waals surface area (Å²) in [5, 5.41) is 5.41. The summed E-state index contributed by atoms with van der Waals surface area (Å²) in [6, 6.07) is 3.64. The third-order valence-corrected chi connectivity index (χ3v) is 3.06. The monoisotopic (exact) mass is 366 g/mol. The Kier molecular flexibility index (Phi) is 5.81. The molecule has 1 aromatic carbocycles. The average Bonchev–Trinajstić information content (AvgIpc) is 2.28. The van der Waals surface area contributed by atoms with E-state index in [1.165, 1.54) is 12.1 Å². The van der Waals surface area contributed by atoms with Crippen LogP contribution in [0.25, 0.3) is 0 Å². The summed E-state index contributed by atoms with van der Waals surface area (Å²) in [5.74, 6) is -0.459. The minimum absolute atomic E-state index is 0.102. The third kappa shape index (κ3) is 6.48. The average molecular weight is 367 g/mol. The lowest BCUT2D eigenvalue weighted by atomic mass is 10.1. The molecule has 0 aliphatic heterocycles. The molecule has 0 unspecified atom stereocenters. The number of nitrogens with one attached hydrogen (secondary N) is 2. The fraction of sp³-hybridized carbons (Fsp3) is 0.500. The van der Waals surface area contributed by atoms with E-state index < -0.39 is 17.6 Å². The van der Waals surface area contributed by atoms with Crippen LogP contribution in [0.15, 0.2) is 22.7 Å². The van der Waals surface area contributed by atoms with Crippen molar-refractivity contribution in [2.75, 3.05) is 11.9 Å². The lowest BCUT2D eigenvalue weighted by Gasteiger charge is -2.20. The Morgan fingerprint density at radius 3 is 2.38 bits per heavy atom. The number of alkyl halides is 3. The van der Waals surface area contributed by atoms with Gasteiger partial charge in [0, 0.05) is 23.0 Å². The number of hydrogen-bond donors (Lipinski definition) is 2. The van der Waals surface area contributed by atoms with Crippen molar-refractivity contribution in [3.63, 3.8) is 0 Å². The smallest absolute Gasteiger partial charge is 0.325 e. The third-order valence-electron chi connectivity index (χ3n) is 2.57. The minimum Gasteiger partial charge on any atom is -0.325 e. The zero-order valence-corrected chi connectivity index (χ0v) is 13.7. The number of amides is 1. The normalized spacial score (nSPS) is 12.3. The highest BCUT2D eigenvalue weighted by Gasteiger charge is 2.34. The Bertz CT molecular complexity index is 510. The Labute approximate surface area is 130 Å². The first kappa shape index (κ1) is 18.0. The molecule has 1 amide bonds. The number of halogens is 4. The summed E-state index contributed by atoms with van der Waals surface area (Å²) in [6.45, 7) is 6.23. The Hall–Kier alpha value is -1.08. The molecule has 0 heterocycles. The molecule has 0 saturated heterocycles. The summed E-state index contributed by atoms with van der Waals surface area (Å²) in [6.07, 6.45) is -4.42. The van der Waals surface area contributed by atoms with Gasteiger partial charge in [-0.1, -0.05) is 15.9 Å². The van der Waals surface area contributed by atoms with E-state index in [2.05, 4.69) is 26.6 Å². The van der Waals surface area contributed by atoms with E-state index in [1.807, 2.05) is 20.8 Å². The maximum Gasteiger partial charge on any atom is 0.418 e. The van der Waals surface area contributed by atoms with Gasteiger partial charge in [0.1, 0.15) is 0 Å². The van der Waals surface area contributed by atoms with Crippen LogP contribution in [0.5, 0.6) is 0 Å². The maximum atomic E-state index is 12.9. The van der Waals surface area contributed by atoms with E-state index >= 15 is 0 Å². The summed E-state index contributed by atoms with van der Waals surface area (Å²) >= 11 is 3.00. The number of anilines is 1. The summed E-state index contributed by atoms with van der Waals surface area (Å²) in [4.78, 5) is 11.7. The summed E-state index contributed by atoms with van der Waals surface area (Å²) in [5.41, 5.74) is -1.24. The van der Waals surface area contributed by atoms with Crippen molar-refractivity contribution in [3.8, 4) is 0 Å². The second-order valence-corrected chi connectivity index (χ2v) is 6.58. The van der Waals surface area contributed by atoms with E-state index in [1.54, 1.807) is 0 Å². The number of carbonyl (C=O) groups excluding carboxylic acids is 1. The quantitative estimate of drug-likeness (QED) is 0.838. The molecular weight excluding hydrogens is 349 g/mol. The van der Waals surface area contributed by atoms with Crippen LogP contribution in [0.1, 0.15) is 32.8 Å². The van der Waals surface area contributed by atoms with Crippen molar-refractivity contribution in [3.05, 3.63) is 28.2 Å². The molecule has 7 heteroatoms. The maximum absolute atomic E-state index is 12.9. The van der Waals surface area contributed by atoms with Crippen LogP contribution in [-0.4, -0.2) is 18.0 Å². The van der Waals surface area contributed by atoms with E-state index in [9.17, 15) is 18.0 Å². The molecule has 0 aromatic heterocycles. The number of rotatable bonds is 4. The predicted molar refractivity (Wildman–Crippen MR) is 80.1 cm³/mol. The molecule has 0 atom stereocenters. The van der Waals surface area contributed by atoms with Gasteiger partial charge in [0.2, 0.25) is 5.91 Å². The zero-order chi connectivity index (χ0) is 16.3. The Morgan fingerprint density at radius 1 is 1.24 bits per heavy atom. The molecule has 0 saturated carbocycles. The second-order valence-electron chi connectivity index (χ2n) is 5.66. The highest BCUT2D eigenvalue weighted by molar-refractivity contribution is 9.10. The van der Waals surface area contributed by atoms with Crippen molar-refractivity contribution in [1.29, 1.82) is 0 Å². The molecule has 118 valence electrons. The first-order valence-electron chi connectivity index (χ1n) is 6.41. The van der Waals surface area contributed by atoms with Crippen LogP contribution in [0.3, 0.4) is 0 Å². The van der Waals surface area contributed by atoms with E-state index in [0.717, 1.165) is 6.07 Å². The molecule has 1 aromatic rings. The lowest BCUT2D eigenvalue weighted by Crippen LogP contribution is -2.37. The lowest BCUT2D eigenvalue weighted by molar-refractivity contribution is -0.137. The highest BCUT2D eigenvalue weighted by Crippen LogP contribution is 2.36. The molecular formula is C14H18BrF3N2O. The fourth-order valence-electron chi connectivity index (χ4n) is 1.62. The van der Waals surface area contributed by atoms with Gasteiger partial charge in [-0.15, -0.1) is 0 Å². The molecule has 0 spiro atoms. The summed E-state index contributed by atoms with van der Waals surface area (Å²) in [7, 11) is 0. The van der Waals surface area contributed by atoms with Crippen LogP contribution in [0.2, 0.25) is 0 Å². The van der Waals surface area contributed by atoms with Gasteiger partial charge >= 0.3 is 6.18 Å². The molecule has 0 aliphatic rings. The first-order valence-corrected chi connectivity index (χ1v) is 7.20. The van der Waals surface area contributed by atoms with Gasteiger partial charge in [-0.25, -0.2) is 0 Å². The first-order chi connectivity index (χ1) is 9.49. The number of hydrogen-bond acceptors (Lipinski definition) is 2. The number of benzene rings is 1. The van der Waals surface area contributed by atoms with Gasteiger partial charge < -0.3 is 10.6 Å². The van der Waals surface area contributed by atoms with Crippen molar-refractivity contribution < 1.29 is 18.0 Å². The van der Waals surface area contributed by atoms with Crippen LogP contribution >= 0.6 is 15.9 Å². The molecule has 0 aliphatic carbocycles. The van der Waals surface area contributed by atoms with E-state index in [0.29, 0.717) is 11.0 Å². The molecule has 1 rings (SSSR count). The molecule has 3 nitrogen and oxygen atoms in total. The standard InChI is InChI=1S/C14H18BrF3N2O/c1-13(2,3)19-7-6-12(21)20-11-5-4-9(15)8-10(11)14(16,17)18/h4-5,8,19H,6-7H2,1-3H3,(H,20,21). The van der Waals surface area contributed by atoms with Crippen LogP contribution < -0.4 is 10.6 Å². The van der Waals surface area contributed by atoms with Gasteiger partial charge in [0.15, 0.2) is 0 Å². The topological polar surface area (TPSA) is 41.1 Å². The fourth-order valence-corrected chi connectivity index (χ4v) is 1.98. The van der Waals surface area contributed by atoms with Crippen molar-refractivity contribution in [1.82, 2.24) is 5.32 Å². The second kappa shape index (κ2) is 6.79. The molecule has 0 bridgehead atoms. The molecule has 2 N–H and O–H groups in total. The Balaban J connectivity index is 2.73. The van der Waals surface area contributed by atoms with Gasteiger partial charge in [0.05, 0.1) is 11.3 Å². The van der Waals surface area contributed by atoms with Crippen LogP contribution in [-0.2, 0) is 11.0 Å². The minimum atomic E-state index is -4.52. The van der Waals surface area contributed by atoms with Crippen LogP contribution in [0.4, 0.5) is 18.9 Å². The van der Waals surface area contributed by atoms with Crippen molar-refractivity contribution in [2.24, 2.45) is 0 Å². The zero-order valence-electron chi connectivity index (χ0n) is 12.1. The Morgan fingerprint density at radius 2 is 1.86 bits per heavy atom. The van der Waals surface area contributed by atoms with Crippen molar-refractivity contribution in [2.45, 2.75) is 38.9 Å². The molecule has 21 heavy (non-hydrogen) atoms. The molecule has 0 radical (unpaired) electrons. The van der Waals surface area contributed by atoms with Crippen molar-refractivity contribution >= 4 is 27.5 Å². The largest absolute Gasteiger partial charge is 0.418 e. The predicted octanol–water partition coefficient (Wildman–Crippen LogP) is 4.18. The number of carbonyl (C=O) groups is 1. The van der Waals surface area contributed by atoms with Crippen LogP contribution in [0, 0.1) is 0 Å². The van der Waals surface area contributed by atoms with Gasteiger partial charge in [-0.2, -0.15) is 13.2 Å². The highest BCUT2D eigenvalue weighted by atomic mass is 79.9. The SMILES string of the molecule is CC(C)(C)NCCC(=O)Nc1ccc(Br)cc1C(F)(F)F. The molecule has 0 fully saturated rings. The summed E-state index contributed by atoms with van der Waals surface area (Å²) < 4.78 is 39.0. The van der Waals surface area contributed by atoms with Gasteiger partial charge in [-0.3, -0.25) is 4.79 Å². The van der Waals surface area contributed by atoms with E-state index in [4.69, 9.17) is 0 Å².